The summed E-state index contributed by atoms with van der Waals surface area (Å²) < 4.78 is 1.96. The van der Waals surface area contributed by atoms with Crippen LogP contribution in [0.15, 0.2) is 24.4 Å². The van der Waals surface area contributed by atoms with Gasteiger partial charge in [0.15, 0.2) is 0 Å². The first-order valence-corrected chi connectivity index (χ1v) is 6.45. The molecule has 0 aliphatic carbocycles. The van der Waals surface area contributed by atoms with Gasteiger partial charge in [0.25, 0.3) is 0 Å². The molecular weight excluding hydrogens is 246 g/mol. The quantitative estimate of drug-likeness (QED) is 0.920. The summed E-state index contributed by atoms with van der Waals surface area (Å²) in [7, 11) is 0. The van der Waals surface area contributed by atoms with Crippen molar-refractivity contribution in [3.63, 3.8) is 0 Å². The van der Waals surface area contributed by atoms with E-state index in [1.54, 1.807) is 0 Å². The fraction of sp³-hybridized carbons (Fsp3) is 0.357. The first-order valence-electron chi connectivity index (χ1n) is 6.07. The van der Waals surface area contributed by atoms with Gasteiger partial charge in [-0.3, -0.25) is 4.68 Å². The van der Waals surface area contributed by atoms with Crippen molar-refractivity contribution in [2.45, 2.75) is 33.4 Å². The Kier molecular flexibility index (Phi) is 3.73. The average molecular weight is 264 g/mol. The molecular formula is C14H18ClN3. The number of benzene rings is 1. The van der Waals surface area contributed by atoms with Gasteiger partial charge in [-0.25, -0.2) is 0 Å². The molecule has 0 saturated carbocycles. The fourth-order valence-electron chi connectivity index (χ4n) is 1.99. The van der Waals surface area contributed by atoms with Crippen LogP contribution in [0, 0.1) is 6.92 Å². The summed E-state index contributed by atoms with van der Waals surface area (Å²) in [6.45, 7) is 6.73. The van der Waals surface area contributed by atoms with Crippen molar-refractivity contribution < 1.29 is 0 Å². The van der Waals surface area contributed by atoms with Crippen LogP contribution in [0.5, 0.6) is 0 Å². The Balaban J connectivity index is 2.57. The van der Waals surface area contributed by atoms with E-state index in [1.165, 1.54) is 0 Å². The third-order valence-electron chi connectivity index (χ3n) is 3.03. The highest BCUT2D eigenvalue weighted by Gasteiger charge is 2.12. The highest BCUT2D eigenvalue weighted by Crippen LogP contribution is 2.29. The molecule has 0 atom stereocenters. The fourth-order valence-corrected chi connectivity index (χ4v) is 2.16. The lowest BCUT2D eigenvalue weighted by molar-refractivity contribution is 0.529. The maximum atomic E-state index is 6.08. The van der Waals surface area contributed by atoms with Gasteiger partial charge in [0.2, 0.25) is 0 Å². The van der Waals surface area contributed by atoms with Gasteiger partial charge in [0, 0.05) is 29.4 Å². The first kappa shape index (κ1) is 13.1. The van der Waals surface area contributed by atoms with Crippen molar-refractivity contribution >= 4 is 11.6 Å². The first-order chi connectivity index (χ1) is 8.52. The Hall–Kier alpha value is -1.32. The minimum Gasteiger partial charge on any atom is -0.326 e. The third-order valence-corrected chi connectivity index (χ3v) is 3.26. The van der Waals surface area contributed by atoms with Crippen LogP contribution < -0.4 is 5.73 Å². The van der Waals surface area contributed by atoms with E-state index < -0.39 is 0 Å². The minimum atomic E-state index is 0.345. The lowest BCUT2D eigenvalue weighted by atomic mass is 10.0. The average Bonchev–Trinajstić information content (AvgIpc) is 2.71. The van der Waals surface area contributed by atoms with E-state index in [0.717, 1.165) is 27.4 Å². The molecule has 2 rings (SSSR count). The topological polar surface area (TPSA) is 43.8 Å². The molecule has 2 N–H and O–H groups in total. The molecule has 2 aromatic rings. The molecule has 0 amide bonds. The lowest BCUT2D eigenvalue weighted by Crippen LogP contribution is -2.00. The molecule has 18 heavy (non-hydrogen) atoms. The number of hydrogen-bond donors (Lipinski definition) is 1. The van der Waals surface area contributed by atoms with Gasteiger partial charge < -0.3 is 5.73 Å². The van der Waals surface area contributed by atoms with Gasteiger partial charge in [-0.15, -0.1) is 0 Å². The summed E-state index contributed by atoms with van der Waals surface area (Å²) in [6, 6.07) is 6.15. The molecule has 0 saturated heterocycles. The van der Waals surface area contributed by atoms with E-state index in [9.17, 15) is 0 Å². The van der Waals surface area contributed by atoms with Crippen LogP contribution >= 0.6 is 11.6 Å². The summed E-state index contributed by atoms with van der Waals surface area (Å²) in [4.78, 5) is 0. The molecule has 4 heteroatoms. The predicted molar refractivity (Wildman–Crippen MR) is 75.7 cm³/mol. The van der Waals surface area contributed by atoms with Crippen molar-refractivity contribution in [3.8, 4) is 11.1 Å². The van der Waals surface area contributed by atoms with Crippen molar-refractivity contribution in [3.05, 3.63) is 40.7 Å². The second kappa shape index (κ2) is 5.12. The van der Waals surface area contributed by atoms with Gasteiger partial charge in [-0.1, -0.05) is 17.7 Å². The molecule has 0 spiro atoms. The molecule has 0 aliphatic heterocycles. The molecule has 96 valence electrons. The van der Waals surface area contributed by atoms with Crippen LogP contribution in [0.1, 0.15) is 31.1 Å². The summed E-state index contributed by atoms with van der Waals surface area (Å²) in [5, 5.41) is 5.25. The highest BCUT2D eigenvalue weighted by molar-refractivity contribution is 6.30. The smallest absolute Gasteiger partial charge is 0.0672 e. The molecule has 0 bridgehead atoms. The lowest BCUT2D eigenvalue weighted by Gasteiger charge is -2.07. The molecule has 0 aliphatic rings. The number of nitrogens with zero attached hydrogens (tertiary/aromatic N) is 2. The monoisotopic (exact) mass is 263 g/mol. The van der Waals surface area contributed by atoms with E-state index in [-0.39, 0.29) is 0 Å². The minimum absolute atomic E-state index is 0.345. The molecule has 0 radical (unpaired) electrons. The van der Waals surface area contributed by atoms with Crippen molar-refractivity contribution in [1.82, 2.24) is 9.78 Å². The Morgan fingerprint density at radius 2 is 2.06 bits per heavy atom. The summed E-state index contributed by atoms with van der Waals surface area (Å²) in [6.07, 6.45) is 2.06. The standard InChI is InChI=1S/C14H18ClN3/c1-9(2)18-8-14(10(3)17-18)13-6-12(15)5-4-11(13)7-16/h4-6,8-9H,7,16H2,1-3H3. The van der Waals surface area contributed by atoms with E-state index in [0.29, 0.717) is 12.6 Å². The van der Waals surface area contributed by atoms with Gasteiger partial charge >= 0.3 is 0 Å². The second-order valence-electron chi connectivity index (χ2n) is 4.71. The largest absolute Gasteiger partial charge is 0.326 e. The number of hydrogen-bond acceptors (Lipinski definition) is 2. The zero-order valence-corrected chi connectivity index (χ0v) is 11.7. The van der Waals surface area contributed by atoms with Gasteiger partial charge in [0.1, 0.15) is 0 Å². The molecule has 0 fully saturated rings. The van der Waals surface area contributed by atoms with Gasteiger partial charge in [-0.2, -0.15) is 5.10 Å². The predicted octanol–water partition coefficient (Wildman–Crippen LogP) is 3.55. The number of nitrogens with two attached hydrogens (primary N) is 1. The van der Waals surface area contributed by atoms with Gasteiger partial charge in [0.05, 0.1) is 5.69 Å². The maximum Gasteiger partial charge on any atom is 0.0672 e. The van der Waals surface area contributed by atoms with Crippen molar-refractivity contribution in [2.24, 2.45) is 5.73 Å². The summed E-state index contributed by atoms with van der Waals surface area (Å²) >= 11 is 6.08. The number of halogens is 1. The van der Waals surface area contributed by atoms with E-state index in [1.807, 2.05) is 29.8 Å². The van der Waals surface area contributed by atoms with Crippen molar-refractivity contribution in [1.29, 1.82) is 0 Å². The number of aryl methyl sites for hydroxylation is 1. The highest BCUT2D eigenvalue weighted by atomic mass is 35.5. The molecule has 3 nitrogen and oxygen atoms in total. The van der Waals surface area contributed by atoms with Gasteiger partial charge in [-0.05, 0) is 44.0 Å². The van der Waals surface area contributed by atoms with Crippen LogP contribution in [0.3, 0.4) is 0 Å². The van der Waals surface area contributed by atoms with Crippen molar-refractivity contribution in [2.75, 3.05) is 0 Å². The SMILES string of the molecule is Cc1nn(C(C)C)cc1-c1cc(Cl)ccc1CN. The number of rotatable bonds is 3. The molecule has 1 aromatic heterocycles. The summed E-state index contributed by atoms with van der Waals surface area (Å²) in [5.41, 5.74) is 10.1. The molecule has 1 heterocycles. The van der Waals surface area contributed by atoms with E-state index in [2.05, 4.69) is 25.1 Å². The van der Waals surface area contributed by atoms with Crippen LogP contribution in [-0.2, 0) is 6.54 Å². The zero-order chi connectivity index (χ0) is 13.3. The van der Waals surface area contributed by atoms with Crippen LogP contribution in [0.25, 0.3) is 11.1 Å². The Morgan fingerprint density at radius 3 is 2.61 bits per heavy atom. The van der Waals surface area contributed by atoms with Crippen LogP contribution in [-0.4, -0.2) is 9.78 Å². The maximum absolute atomic E-state index is 6.08. The van der Waals surface area contributed by atoms with E-state index >= 15 is 0 Å². The second-order valence-corrected chi connectivity index (χ2v) is 5.14. The summed E-state index contributed by atoms with van der Waals surface area (Å²) in [5.74, 6) is 0. The Labute approximate surface area is 113 Å². The van der Waals surface area contributed by atoms with Crippen LogP contribution in [0.4, 0.5) is 0 Å². The number of aromatic nitrogens is 2. The van der Waals surface area contributed by atoms with Crippen LogP contribution in [0.2, 0.25) is 5.02 Å². The third kappa shape index (κ3) is 2.42. The normalized spacial score (nSPS) is 11.2. The van der Waals surface area contributed by atoms with E-state index in [4.69, 9.17) is 17.3 Å². The molecule has 0 unspecified atom stereocenters. The zero-order valence-electron chi connectivity index (χ0n) is 10.9. The molecule has 1 aromatic carbocycles. The Morgan fingerprint density at radius 1 is 1.33 bits per heavy atom. The Bertz CT molecular complexity index is 558.